The van der Waals surface area contributed by atoms with E-state index in [2.05, 4.69) is 4.98 Å². The van der Waals surface area contributed by atoms with Gasteiger partial charge in [0.1, 0.15) is 10.3 Å². The Labute approximate surface area is 149 Å². The highest BCUT2D eigenvalue weighted by atomic mass is 35.5. The van der Waals surface area contributed by atoms with E-state index < -0.39 is 5.97 Å². The van der Waals surface area contributed by atoms with Gasteiger partial charge in [-0.2, -0.15) is 0 Å². The fourth-order valence-corrected chi connectivity index (χ4v) is 3.34. The predicted octanol–water partition coefficient (Wildman–Crippen LogP) is 3.77. The molecule has 0 saturated carbocycles. The molecule has 7 heteroatoms. The van der Waals surface area contributed by atoms with E-state index in [1.54, 1.807) is 17.0 Å². The van der Waals surface area contributed by atoms with Crippen LogP contribution >= 0.6 is 23.2 Å². The number of ether oxygens (including phenoxy) is 1. The zero-order valence-electron chi connectivity index (χ0n) is 12.9. The Morgan fingerprint density at radius 2 is 1.92 bits per heavy atom. The van der Waals surface area contributed by atoms with E-state index in [1.807, 2.05) is 6.07 Å². The number of nitrogens with zero attached hydrogens (tertiary/aromatic N) is 2. The summed E-state index contributed by atoms with van der Waals surface area (Å²) >= 11 is 11.8. The molecule has 0 spiro atoms. The van der Waals surface area contributed by atoms with Gasteiger partial charge in [0.2, 0.25) is 0 Å². The predicted molar refractivity (Wildman–Crippen MR) is 92.0 cm³/mol. The molecule has 124 valence electrons. The maximum atomic E-state index is 12.9. The van der Waals surface area contributed by atoms with E-state index >= 15 is 0 Å². The minimum atomic E-state index is -0.406. The molecule has 3 rings (SSSR count). The van der Waals surface area contributed by atoms with Gasteiger partial charge in [0.05, 0.1) is 12.7 Å². The second-order valence-electron chi connectivity index (χ2n) is 5.36. The van der Waals surface area contributed by atoms with Crippen LogP contribution < -0.4 is 4.90 Å². The first-order chi connectivity index (χ1) is 11.5. The van der Waals surface area contributed by atoms with Gasteiger partial charge in [-0.15, -0.1) is 0 Å². The van der Waals surface area contributed by atoms with Crippen molar-refractivity contribution in [2.75, 3.05) is 18.6 Å². The summed E-state index contributed by atoms with van der Waals surface area (Å²) in [5, 5.41) is 0.317. The SMILES string of the molecule is COC(=O)c1cccc2c1CCCN2C(=O)c1cc(Cl)nc(Cl)c1. The lowest BCUT2D eigenvalue weighted by Gasteiger charge is -2.30. The highest BCUT2D eigenvalue weighted by molar-refractivity contribution is 6.33. The van der Waals surface area contributed by atoms with Gasteiger partial charge >= 0.3 is 5.97 Å². The first-order valence-corrected chi connectivity index (χ1v) is 8.12. The molecule has 1 aliphatic heterocycles. The van der Waals surface area contributed by atoms with Crippen molar-refractivity contribution in [3.63, 3.8) is 0 Å². The molecule has 1 aromatic carbocycles. The van der Waals surface area contributed by atoms with Crippen LogP contribution in [0.2, 0.25) is 10.3 Å². The zero-order valence-corrected chi connectivity index (χ0v) is 14.4. The maximum absolute atomic E-state index is 12.9. The summed E-state index contributed by atoms with van der Waals surface area (Å²) in [6, 6.07) is 8.23. The second kappa shape index (κ2) is 6.79. The molecular formula is C17H14Cl2N2O3. The highest BCUT2D eigenvalue weighted by Gasteiger charge is 2.27. The lowest BCUT2D eigenvalue weighted by Crippen LogP contribution is -2.36. The topological polar surface area (TPSA) is 59.5 Å². The second-order valence-corrected chi connectivity index (χ2v) is 6.13. The summed E-state index contributed by atoms with van der Waals surface area (Å²) in [7, 11) is 1.34. The van der Waals surface area contributed by atoms with Crippen molar-refractivity contribution < 1.29 is 14.3 Å². The number of pyridine rings is 1. The molecule has 2 aromatic rings. The zero-order chi connectivity index (χ0) is 17.3. The lowest BCUT2D eigenvalue weighted by atomic mass is 9.95. The van der Waals surface area contributed by atoms with Crippen molar-refractivity contribution in [2.24, 2.45) is 0 Å². The third-order valence-electron chi connectivity index (χ3n) is 3.91. The number of hydrogen-bond donors (Lipinski definition) is 0. The molecule has 1 amide bonds. The molecule has 2 heterocycles. The number of esters is 1. The molecule has 0 bridgehead atoms. The van der Waals surface area contributed by atoms with E-state index in [0.717, 1.165) is 12.0 Å². The number of amides is 1. The quantitative estimate of drug-likeness (QED) is 0.601. The average molecular weight is 365 g/mol. The number of rotatable bonds is 2. The molecule has 0 radical (unpaired) electrons. The van der Waals surface area contributed by atoms with Crippen LogP contribution in [0.25, 0.3) is 0 Å². The Hall–Kier alpha value is -2.11. The Morgan fingerprint density at radius 1 is 1.21 bits per heavy atom. The average Bonchev–Trinajstić information content (AvgIpc) is 2.58. The van der Waals surface area contributed by atoms with Gasteiger partial charge in [0.25, 0.3) is 5.91 Å². The summed E-state index contributed by atoms with van der Waals surface area (Å²) in [5.74, 6) is -0.639. The third-order valence-corrected chi connectivity index (χ3v) is 4.30. The first-order valence-electron chi connectivity index (χ1n) is 7.36. The van der Waals surface area contributed by atoms with E-state index in [0.29, 0.717) is 29.8 Å². The molecule has 0 aliphatic carbocycles. The minimum absolute atomic E-state index is 0.159. The van der Waals surface area contributed by atoms with Gasteiger partial charge in [-0.3, -0.25) is 4.79 Å². The summed E-state index contributed by atoms with van der Waals surface area (Å²) in [6.45, 7) is 0.550. The molecule has 0 N–H and O–H groups in total. The van der Waals surface area contributed by atoms with Gasteiger partial charge in [-0.05, 0) is 42.7 Å². The number of benzene rings is 1. The van der Waals surface area contributed by atoms with Gasteiger partial charge in [-0.25, -0.2) is 9.78 Å². The van der Waals surface area contributed by atoms with Gasteiger partial charge < -0.3 is 9.64 Å². The van der Waals surface area contributed by atoms with Crippen molar-refractivity contribution in [3.8, 4) is 0 Å². The van der Waals surface area contributed by atoms with Gasteiger partial charge in [0, 0.05) is 17.8 Å². The standard InChI is InChI=1S/C17H14Cl2N2O3/c1-24-17(23)12-4-2-6-13-11(12)5-3-7-21(13)16(22)10-8-14(18)20-15(19)9-10/h2,4,6,8-9H,3,5,7H2,1H3. The number of methoxy groups -OCH3 is 1. The van der Waals surface area contributed by atoms with E-state index in [4.69, 9.17) is 27.9 Å². The normalized spacial score (nSPS) is 13.4. The monoisotopic (exact) mass is 364 g/mol. The first kappa shape index (κ1) is 16.7. The van der Waals surface area contributed by atoms with Crippen molar-refractivity contribution in [1.82, 2.24) is 4.98 Å². The molecule has 1 aliphatic rings. The Morgan fingerprint density at radius 3 is 2.58 bits per heavy atom. The third kappa shape index (κ3) is 3.09. The van der Waals surface area contributed by atoms with Crippen LogP contribution in [0.4, 0.5) is 5.69 Å². The van der Waals surface area contributed by atoms with E-state index in [-0.39, 0.29) is 16.2 Å². The van der Waals surface area contributed by atoms with Crippen molar-refractivity contribution in [2.45, 2.75) is 12.8 Å². The summed E-state index contributed by atoms with van der Waals surface area (Å²) < 4.78 is 4.83. The molecule has 24 heavy (non-hydrogen) atoms. The number of hydrogen-bond acceptors (Lipinski definition) is 4. The molecule has 0 saturated heterocycles. The molecule has 1 aromatic heterocycles. The van der Waals surface area contributed by atoms with Gasteiger partial charge in [0.15, 0.2) is 0 Å². The molecule has 5 nitrogen and oxygen atoms in total. The highest BCUT2D eigenvalue weighted by Crippen LogP contribution is 2.32. The van der Waals surface area contributed by atoms with Crippen molar-refractivity contribution in [1.29, 1.82) is 0 Å². The largest absolute Gasteiger partial charge is 0.465 e. The number of carbonyl (C=O) groups excluding carboxylic acids is 2. The van der Waals surface area contributed by atoms with Crippen LogP contribution in [0.15, 0.2) is 30.3 Å². The van der Waals surface area contributed by atoms with Crippen LogP contribution in [0.3, 0.4) is 0 Å². The van der Waals surface area contributed by atoms with Crippen LogP contribution in [0.1, 0.15) is 32.7 Å². The smallest absolute Gasteiger partial charge is 0.338 e. The molecule has 0 unspecified atom stereocenters. The summed E-state index contributed by atoms with van der Waals surface area (Å²) in [5.41, 5.74) is 2.36. The van der Waals surface area contributed by atoms with Crippen molar-refractivity contribution in [3.05, 3.63) is 57.3 Å². The molecule has 0 atom stereocenters. The molecule has 0 fully saturated rings. The van der Waals surface area contributed by atoms with Crippen LogP contribution in [-0.2, 0) is 11.2 Å². The number of fused-ring (bicyclic) bond motifs is 1. The Kier molecular flexibility index (Phi) is 4.73. The summed E-state index contributed by atoms with van der Waals surface area (Å²) in [4.78, 5) is 30.3. The van der Waals surface area contributed by atoms with Crippen LogP contribution in [-0.4, -0.2) is 30.5 Å². The Bertz CT molecular complexity index is 803. The van der Waals surface area contributed by atoms with Crippen LogP contribution in [0.5, 0.6) is 0 Å². The summed E-state index contributed by atoms with van der Waals surface area (Å²) in [6.07, 6.45) is 1.46. The van der Waals surface area contributed by atoms with Crippen molar-refractivity contribution >= 4 is 40.8 Å². The number of carbonyl (C=O) groups is 2. The lowest BCUT2D eigenvalue weighted by molar-refractivity contribution is 0.0599. The minimum Gasteiger partial charge on any atom is -0.465 e. The fourth-order valence-electron chi connectivity index (χ4n) is 2.88. The number of aromatic nitrogens is 1. The van der Waals surface area contributed by atoms with Gasteiger partial charge in [-0.1, -0.05) is 29.3 Å². The van der Waals surface area contributed by atoms with Crippen LogP contribution in [0, 0.1) is 0 Å². The van der Waals surface area contributed by atoms with E-state index in [9.17, 15) is 9.59 Å². The fraction of sp³-hybridized carbons (Fsp3) is 0.235. The van der Waals surface area contributed by atoms with E-state index in [1.165, 1.54) is 19.2 Å². The number of halogens is 2. The molecular weight excluding hydrogens is 351 g/mol. The maximum Gasteiger partial charge on any atom is 0.338 e. The number of anilines is 1. The Balaban J connectivity index is 2.03.